The Kier molecular flexibility index (Phi) is 5.82. The molecule has 0 radical (unpaired) electrons. The molecule has 0 spiro atoms. The predicted molar refractivity (Wildman–Crippen MR) is 58.7 cm³/mol. The molecule has 0 saturated carbocycles. The fraction of sp³-hybridized carbons (Fsp3) is 0.889. The molecule has 0 bridgehead atoms. The van der Waals surface area contributed by atoms with Gasteiger partial charge in [-0.25, -0.2) is 8.42 Å². The van der Waals surface area contributed by atoms with E-state index in [0.717, 1.165) is 0 Å². The van der Waals surface area contributed by atoms with Crippen LogP contribution in [0.5, 0.6) is 0 Å². The molecule has 0 aliphatic carbocycles. The molecule has 0 aromatic rings. The fourth-order valence-electron chi connectivity index (χ4n) is 1.36. The zero-order chi connectivity index (χ0) is 12.1. The number of hydrogen-bond acceptors (Lipinski definition) is 4. The summed E-state index contributed by atoms with van der Waals surface area (Å²) in [5, 5.41) is 8.61. The number of nitrogens with zero attached hydrogens (tertiary/aromatic N) is 1. The summed E-state index contributed by atoms with van der Waals surface area (Å²) < 4.78 is 21.9. The highest BCUT2D eigenvalue weighted by molar-refractivity contribution is 7.90. The summed E-state index contributed by atoms with van der Waals surface area (Å²) in [5.41, 5.74) is 0. The standard InChI is InChI=1S/C9H19NO4S/c1-4-10(5-6-15(3,13)14)8(2)7-9(11)12/h8H,4-7H2,1-3H3,(H,11,12). The van der Waals surface area contributed by atoms with Crippen molar-refractivity contribution in [1.29, 1.82) is 0 Å². The van der Waals surface area contributed by atoms with Crippen molar-refractivity contribution in [3.63, 3.8) is 0 Å². The van der Waals surface area contributed by atoms with Gasteiger partial charge in [0.2, 0.25) is 0 Å². The van der Waals surface area contributed by atoms with Crippen molar-refractivity contribution in [2.45, 2.75) is 26.3 Å². The van der Waals surface area contributed by atoms with Crippen LogP contribution < -0.4 is 0 Å². The van der Waals surface area contributed by atoms with Gasteiger partial charge in [0.1, 0.15) is 9.84 Å². The van der Waals surface area contributed by atoms with Crippen LogP contribution in [0, 0.1) is 0 Å². The van der Waals surface area contributed by atoms with Gasteiger partial charge in [-0.2, -0.15) is 0 Å². The van der Waals surface area contributed by atoms with Crippen LogP contribution in [-0.2, 0) is 14.6 Å². The van der Waals surface area contributed by atoms with Gasteiger partial charge in [-0.05, 0) is 13.5 Å². The van der Waals surface area contributed by atoms with Crippen LogP contribution in [0.4, 0.5) is 0 Å². The third-order valence-electron chi connectivity index (χ3n) is 2.25. The first-order valence-corrected chi connectivity index (χ1v) is 6.96. The molecule has 15 heavy (non-hydrogen) atoms. The molecule has 1 N–H and O–H groups in total. The molecule has 0 aliphatic rings. The van der Waals surface area contributed by atoms with Crippen molar-refractivity contribution in [2.24, 2.45) is 0 Å². The van der Waals surface area contributed by atoms with Crippen molar-refractivity contribution < 1.29 is 18.3 Å². The molecule has 6 heteroatoms. The Morgan fingerprint density at radius 3 is 2.33 bits per heavy atom. The number of aliphatic carboxylic acids is 1. The average molecular weight is 237 g/mol. The first kappa shape index (κ1) is 14.4. The number of rotatable bonds is 7. The number of carboxylic acids is 1. The van der Waals surface area contributed by atoms with Crippen LogP contribution in [0.3, 0.4) is 0 Å². The quantitative estimate of drug-likeness (QED) is 0.685. The van der Waals surface area contributed by atoms with Crippen LogP contribution in [0.15, 0.2) is 0 Å². The molecule has 1 atom stereocenters. The molecule has 5 nitrogen and oxygen atoms in total. The van der Waals surface area contributed by atoms with Crippen molar-refractivity contribution in [3.8, 4) is 0 Å². The molecule has 0 aliphatic heterocycles. The summed E-state index contributed by atoms with van der Waals surface area (Å²) in [7, 11) is -2.98. The molecular weight excluding hydrogens is 218 g/mol. The highest BCUT2D eigenvalue weighted by Crippen LogP contribution is 2.03. The number of sulfone groups is 1. The molecule has 0 aromatic carbocycles. The number of hydrogen-bond donors (Lipinski definition) is 1. The highest BCUT2D eigenvalue weighted by Gasteiger charge is 2.16. The van der Waals surface area contributed by atoms with Crippen LogP contribution in [0.25, 0.3) is 0 Å². The van der Waals surface area contributed by atoms with E-state index in [2.05, 4.69) is 0 Å². The van der Waals surface area contributed by atoms with Gasteiger partial charge >= 0.3 is 5.97 Å². The molecular formula is C9H19NO4S. The monoisotopic (exact) mass is 237 g/mol. The second kappa shape index (κ2) is 6.07. The topological polar surface area (TPSA) is 74.7 Å². The minimum atomic E-state index is -2.98. The van der Waals surface area contributed by atoms with Gasteiger partial charge in [-0.3, -0.25) is 9.69 Å². The first-order valence-electron chi connectivity index (χ1n) is 4.89. The lowest BCUT2D eigenvalue weighted by Gasteiger charge is -2.26. The zero-order valence-corrected chi connectivity index (χ0v) is 10.2. The third kappa shape index (κ3) is 7.33. The van der Waals surface area contributed by atoms with E-state index in [4.69, 9.17) is 5.11 Å². The van der Waals surface area contributed by atoms with Gasteiger partial charge in [0.05, 0.1) is 12.2 Å². The molecule has 0 saturated heterocycles. The Morgan fingerprint density at radius 1 is 1.47 bits per heavy atom. The summed E-state index contributed by atoms with van der Waals surface area (Å²) in [6.07, 6.45) is 1.22. The van der Waals surface area contributed by atoms with E-state index in [9.17, 15) is 13.2 Å². The van der Waals surface area contributed by atoms with E-state index < -0.39 is 15.8 Å². The Bertz CT molecular complexity index is 299. The van der Waals surface area contributed by atoms with E-state index in [0.29, 0.717) is 13.1 Å². The third-order valence-corrected chi connectivity index (χ3v) is 3.17. The summed E-state index contributed by atoms with van der Waals surface area (Å²) in [6.45, 7) is 4.73. The van der Waals surface area contributed by atoms with Crippen LogP contribution >= 0.6 is 0 Å². The first-order chi connectivity index (χ1) is 6.76. The van der Waals surface area contributed by atoms with Crippen LogP contribution in [0.2, 0.25) is 0 Å². The van der Waals surface area contributed by atoms with Crippen LogP contribution in [-0.4, -0.2) is 55.5 Å². The maximum atomic E-state index is 11.0. The van der Waals surface area contributed by atoms with E-state index in [1.807, 2.05) is 11.8 Å². The highest BCUT2D eigenvalue weighted by atomic mass is 32.2. The fourth-order valence-corrected chi connectivity index (χ4v) is 1.92. The zero-order valence-electron chi connectivity index (χ0n) is 9.43. The maximum Gasteiger partial charge on any atom is 0.304 e. The smallest absolute Gasteiger partial charge is 0.304 e. The molecule has 0 fully saturated rings. The molecule has 1 unspecified atom stereocenters. The Morgan fingerprint density at radius 2 is 2.00 bits per heavy atom. The Balaban J connectivity index is 4.18. The van der Waals surface area contributed by atoms with Crippen molar-refractivity contribution >= 4 is 15.8 Å². The number of carbonyl (C=O) groups is 1. The van der Waals surface area contributed by atoms with E-state index >= 15 is 0 Å². The molecule has 0 rings (SSSR count). The minimum Gasteiger partial charge on any atom is -0.481 e. The molecule has 0 heterocycles. The number of carboxylic acid groups (broad SMARTS) is 1. The predicted octanol–water partition coefficient (Wildman–Crippen LogP) is 0.216. The Hall–Kier alpha value is -0.620. The van der Waals surface area contributed by atoms with Gasteiger partial charge in [0.15, 0.2) is 0 Å². The largest absolute Gasteiger partial charge is 0.481 e. The second-order valence-electron chi connectivity index (χ2n) is 3.71. The van der Waals surface area contributed by atoms with Crippen molar-refractivity contribution in [3.05, 3.63) is 0 Å². The summed E-state index contributed by atoms with van der Waals surface area (Å²) in [6, 6.07) is -0.130. The Labute approximate surface area is 91.0 Å². The van der Waals surface area contributed by atoms with Gasteiger partial charge in [0, 0.05) is 18.8 Å². The SMILES string of the molecule is CCN(CCS(C)(=O)=O)C(C)CC(=O)O. The van der Waals surface area contributed by atoms with Gasteiger partial charge in [-0.15, -0.1) is 0 Å². The van der Waals surface area contributed by atoms with Gasteiger partial charge in [-0.1, -0.05) is 6.92 Å². The van der Waals surface area contributed by atoms with E-state index in [1.165, 1.54) is 6.26 Å². The average Bonchev–Trinajstić information content (AvgIpc) is 2.01. The van der Waals surface area contributed by atoms with E-state index in [1.54, 1.807) is 6.92 Å². The van der Waals surface area contributed by atoms with Crippen molar-refractivity contribution in [1.82, 2.24) is 4.90 Å². The lowest BCUT2D eigenvalue weighted by molar-refractivity contribution is -0.138. The minimum absolute atomic E-state index is 0.0393. The van der Waals surface area contributed by atoms with Crippen LogP contribution in [0.1, 0.15) is 20.3 Å². The summed E-state index contributed by atoms with van der Waals surface area (Å²) >= 11 is 0. The molecule has 0 amide bonds. The normalized spacial score (nSPS) is 14.1. The lowest BCUT2D eigenvalue weighted by atomic mass is 10.2. The van der Waals surface area contributed by atoms with Gasteiger partial charge in [0.25, 0.3) is 0 Å². The molecule has 0 aromatic heterocycles. The summed E-state index contributed by atoms with van der Waals surface area (Å²) in [5.74, 6) is -0.787. The second-order valence-corrected chi connectivity index (χ2v) is 5.97. The van der Waals surface area contributed by atoms with E-state index in [-0.39, 0.29) is 18.2 Å². The lowest BCUT2D eigenvalue weighted by Crippen LogP contribution is -2.37. The summed E-state index contributed by atoms with van der Waals surface area (Å²) in [4.78, 5) is 12.3. The molecule has 90 valence electrons. The maximum absolute atomic E-state index is 11.0. The van der Waals surface area contributed by atoms with Crippen molar-refractivity contribution in [2.75, 3.05) is 25.1 Å². The van der Waals surface area contributed by atoms with Gasteiger partial charge < -0.3 is 5.11 Å².